The van der Waals surface area contributed by atoms with Crippen LogP contribution in [0, 0.1) is 0 Å². The second-order valence-corrected chi connectivity index (χ2v) is 1.62. The molecule has 0 spiro atoms. The van der Waals surface area contributed by atoms with E-state index < -0.39 is 6.35 Å². The topological polar surface area (TPSA) is 56.7 Å². The molecule has 0 aromatic rings. The van der Waals surface area contributed by atoms with E-state index >= 15 is 0 Å². The molecule has 0 aromatic heterocycles. The van der Waals surface area contributed by atoms with Crippen LogP contribution < -0.4 is 10.9 Å². The van der Waals surface area contributed by atoms with Gasteiger partial charge in [0.05, 0.1) is 5.88 Å². The molecule has 54 valence electrons. The van der Waals surface area contributed by atoms with E-state index in [1.165, 1.54) is 0 Å². The first-order valence-electron chi connectivity index (χ1n) is 2.15. The first-order chi connectivity index (χ1) is 3.83. The highest BCUT2D eigenvalue weighted by molar-refractivity contribution is 6.28. The normalized spacial score (nSPS) is 24.2. The van der Waals surface area contributed by atoms with Crippen molar-refractivity contribution in [1.29, 1.82) is 0 Å². The summed E-state index contributed by atoms with van der Waals surface area (Å²) in [6.07, 6.45) is -0.830. The van der Waals surface area contributed by atoms with Crippen LogP contribution in [-0.4, -0.2) is 23.2 Å². The standard InChI is InChI=1S/C3H6ClN3O.ClH/c4-1-2-5-3(8)7-6-2;/h3,7-8H,1H2,(H,5,6);1H. The van der Waals surface area contributed by atoms with Gasteiger partial charge in [0.15, 0.2) is 0 Å². The second kappa shape index (κ2) is 3.90. The fraction of sp³-hybridized carbons (Fsp3) is 0.667. The number of aliphatic imine (C=N–C) groups is 1. The molecule has 0 aromatic carbocycles. The molecule has 0 saturated carbocycles. The van der Waals surface area contributed by atoms with Gasteiger partial charge in [-0.3, -0.25) is 0 Å². The Morgan fingerprint density at radius 3 is 2.67 bits per heavy atom. The molecule has 1 rings (SSSR count). The van der Waals surface area contributed by atoms with Crippen molar-refractivity contribution in [2.75, 3.05) is 5.88 Å². The number of nitrogens with zero attached hydrogens (tertiary/aromatic N) is 1. The van der Waals surface area contributed by atoms with E-state index in [2.05, 4.69) is 15.8 Å². The first-order valence-corrected chi connectivity index (χ1v) is 2.68. The van der Waals surface area contributed by atoms with Crippen LogP contribution in [0.1, 0.15) is 0 Å². The fourth-order valence-electron chi connectivity index (χ4n) is 0.428. The molecule has 1 atom stereocenters. The molecule has 0 aliphatic carbocycles. The minimum Gasteiger partial charge on any atom is -0.358 e. The molecule has 0 fully saturated rings. The average molecular weight is 172 g/mol. The lowest BCUT2D eigenvalue weighted by Gasteiger charge is -1.94. The summed E-state index contributed by atoms with van der Waals surface area (Å²) in [5.41, 5.74) is 5.01. The summed E-state index contributed by atoms with van der Waals surface area (Å²) in [5, 5.41) is 8.61. The second-order valence-electron chi connectivity index (χ2n) is 1.35. The predicted molar refractivity (Wildman–Crippen MR) is 37.7 cm³/mol. The van der Waals surface area contributed by atoms with E-state index in [1.807, 2.05) is 0 Å². The van der Waals surface area contributed by atoms with Crippen molar-refractivity contribution in [1.82, 2.24) is 10.9 Å². The summed E-state index contributed by atoms with van der Waals surface area (Å²) in [4.78, 5) is 3.62. The molecule has 0 saturated heterocycles. The summed E-state index contributed by atoms with van der Waals surface area (Å²) in [6, 6.07) is 0. The fourth-order valence-corrected chi connectivity index (χ4v) is 0.564. The number of hydrazine groups is 1. The summed E-state index contributed by atoms with van der Waals surface area (Å²) in [6.45, 7) is 0. The first kappa shape index (κ1) is 8.97. The van der Waals surface area contributed by atoms with Crippen molar-refractivity contribution in [2.24, 2.45) is 4.99 Å². The van der Waals surface area contributed by atoms with Gasteiger partial charge in [-0.1, -0.05) is 0 Å². The number of alkyl halides is 1. The minimum absolute atomic E-state index is 0. The van der Waals surface area contributed by atoms with Crippen LogP contribution in [0.4, 0.5) is 0 Å². The highest BCUT2D eigenvalue weighted by atomic mass is 35.5. The van der Waals surface area contributed by atoms with Gasteiger partial charge in [-0.2, -0.15) is 5.43 Å². The van der Waals surface area contributed by atoms with Gasteiger partial charge in [-0.05, 0) is 0 Å². The maximum atomic E-state index is 8.61. The molecule has 9 heavy (non-hydrogen) atoms. The van der Waals surface area contributed by atoms with Gasteiger partial charge >= 0.3 is 0 Å². The van der Waals surface area contributed by atoms with E-state index in [0.29, 0.717) is 11.7 Å². The molecule has 3 N–H and O–H groups in total. The Morgan fingerprint density at radius 2 is 2.44 bits per heavy atom. The van der Waals surface area contributed by atoms with Gasteiger partial charge in [0.2, 0.25) is 6.35 Å². The Bertz CT molecular complexity index is 118. The third kappa shape index (κ3) is 2.36. The number of hydrogen-bond donors (Lipinski definition) is 3. The Kier molecular flexibility index (Phi) is 3.88. The predicted octanol–water partition coefficient (Wildman–Crippen LogP) is -0.571. The Labute approximate surface area is 63.7 Å². The van der Waals surface area contributed by atoms with Gasteiger partial charge < -0.3 is 10.5 Å². The zero-order valence-electron chi connectivity index (χ0n) is 4.47. The van der Waals surface area contributed by atoms with Gasteiger partial charge in [0.25, 0.3) is 0 Å². The third-order valence-corrected chi connectivity index (χ3v) is 1.00. The average Bonchev–Trinajstić information content (AvgIpc) is 2.14. The van der Waals surface area contributed by atoms with Gasteiger partial charge in [-0.25, -0.2) is 4.99 Å². The molecule has 6 heteroatoms. The van der Waals surface area contributed by atoms with Crippen molar-refractivity contribution in [3.8, 4) is 0 Å². The third-order valence-electron chi connectivity index (χ3n) is 0.750. The molecule has 1 heterocycles. The molecule has 0 amide bonds. The van der Waals surface area contributed by atoms with Crippen LogP contribution in [-0.2, 0) is 0 Å². The molecule has 4 nitrogen and oxygen atoms in total. The molecular formula is C3H7Cl2N3O. The smallest absolute Gasteiger partial charge is 0.220 e. The maximum Gasteiger partial charge on any atom is 0.220 e. The van der Waals surface area contributed by atoms with Crippen molar-refractivity contribution in [3.05, 3.63) is 0 Å². The number of aliphatic hydroxyl groups excluding tert-OH is 1. The maximum absolute atomic E-state index is 8.61. The quantitative estimate of drug-likeness (QED) is 0.464. The Hall–Kier alpha value is -0.0300. The van der Waals surface area contributed by atoms with Crippen molar-refractivity contribution in [3.63, 3.8) is 0 Å². The number of aliphatic hydroxyl groups is 1. The number of rotatable bonds is 1. The zero-order valence-corrected chi connectivity index (χ0v) is 6.04. The van der Waals surface area contributed by atoms with Crippen LogP contribution in [0.15, 0.2) is 4.99 Å². The van der Waals surface area contributed by atoms with Gasteiger partial charge in [-0.15, -0.1) is 24.0 Å². The summed E-state index contributed by atoms with van der Waals surface area (Å²) < 4.78 is 0. The van der Waals surface area contributed by atoms with E-state index in [0.717, 1.165) is 0 Å². The lowest BCUT2D eigenvalue weighted by atomic mass is 10.7. The van der Waals surface area contributed by atoms with E-state index in [4.69, 9.17) is 16.7 Å². The van der Waals surface area contributed by atoms with E-state index in [9.17, 15) is 0 Å². The number of hydrogen-bond acceptors (Lipinski definition) is 4. The van der Waals surface area contributed by atoms with Crippen LogP contribution in [0.25, 0.3) is 0 Å². The van der Waals surface area contributed by atoms with E-state index in [-0.39, 0.29) is 12.4 Å². The summed E-state index contributed by atoms with van der Waals surface area (Å²) in [7, 11) is 0. The summed E-state index contributed by atoms with van der Waals surface area (Å²) >= 11 is 5.33. The molecule has 0 radical (unpaired) electrons. The largest absolute Gasteiger partial charge is 0.358 e. The number of nitrogens with one attached hydrogen (secondary N) is 2. The van der Waals surface area contributed by atoms with Crippen LogP contribution in [0.2, 0.25) is 0 Å². The number of halogens is 2. The van der Waals surface area contributed by atoms with E-state index in [1.54, 1.807) is 0 Å². The molecule has 1 aliphatic heterocycles. The van der Waals surface area contributed by atoms with Gasteiger partial charge in [0.1, 0.15) is 5.84 Å². The Balaban J connectivity index is 0.000000640. The van der Waals surface area contributed by atoms with Gasteiger partial charge in [0, 0.05) is 0 Å². The molecule has 1 aliphatic rings. The minimum atomic E-state index is -0.830. The van der Waals surface area contributed by atoms with Crippen molar-refractivity contribution < 1.29 is 5.11 Å². The molecule has 0 bridgehead atoms. The lowest BCUT2D eigenvalue weighted by Crippen LogP contribution is -2.35. The van der Waals surface area contributed by atoms with Crippen LogP contribution in [0.5, 0.6) is 0 Å². The van der Waals surface area contributed by atoms with Crippen LogP contribution in [0.3, 0.4) is 0 Å². The van der Waals surface area contributed by atoms with Crippen molar-refractivity contribution >= 4 is 29.8 Å². The zero-order chi connectivity index (χ0) is 5.98. The lowest BCUT2D eigenvalue weighted by molar-refractivity contribution is 0.152. The molecule has 1 unspecified atom stereocenters. The SMILES string of the molecule is Cl.OC1N=C(CCl)NN1. The highest BCUT2D eigenvalue weighted by Crippen LogP contribution is 1.88. The Morgan fingerprint density at radius 1 is 1.78 bits per heavy atom. The summed E-state index contributed by atoms with van der Waals surface area (Å²) in [5.74, 6) is 0.864. The molecular weight excluding hydrogens is 165 g/mol. The monoisotopic (exact) mass is 171 g/mol. The highest BCUT2D eigenvalue weighted by Gasteiger charge is 2.09. The van der Waals surface area contributed by atoms with Crippen LogP contribution >= 0.6 is 24.0 Å². The number of amidine groups is 1. The van der Waals surface area contributed by atoms with Crippen molar-refractivity contribution in [2.45, 2.75) is 6.35 Å².